The Hall–Kier alpha value is -2.45. The molecule has 2 aromatic carbocycles. The van der Waals surface area contributed by atoms with Crippen LogP contribution in [0.1, 0.15) is 18.9 Å². The first kappa shape index (κ1) is 20.3. The van der Waals surface area contributed by atoms with Crippen LogP contribution in [0.2, 0.25) is 5.02 Å². The van der Waals surface area contributed by atoms with Gasteiger partial charge in [0.2, 0.25) is 22.7 Å². The zero-order valence-electron chi connectivity index (χ0n) is 15.7. The standard InChI is InChI=1S/C19H21ClN2O5S/c1-4-16(19(23)21-13-6-8-17-18(9-13)27-11-26-17)22(28(3,24)25)14-7-5-12(2)15(20)10-14/h5-10,16H,4,11H2,1-3H3,(H,21,23)/t16-/m1/s1. The van der Waals surface area contributed by atoms with E-state index >= 15 is 0 Å². The largest absolute Gasteiger partial charge is 0.454 e. The summed E-state index contributed by atoms with van der Waals surface area (Å²) in [6.45, 7) is 3.69. The van der Waals surface area contributed by atoms with Gasteiger partial charge in [-0.05, 0) is 43.2 Å². The predicted octanol–water partition coefficient (Wildman–Crippen LogP) is 3.56. The van der Waals surface area contributed by atoms with Crippen LogP contribution in [-0.4, -0.2) is 33.4 Å². The molecule has 2 aromatic rings. The molecule has 9 heteroatoms. The highest BCUT2D eigenvalue weighted by molar-refractivity contribution is 7.92. The fraction of sp³-hybridized carbons (Fsp3) is 0.316. The summed E-state index contributed by atoms with van der Waals surface area (Å²) in [6.07, 6.45) is 1.34. The number of carbonyl (C=O) groups is 1. The van der Waals surface area contributed by atoms with Crippen molar-refractivity contribution in [1.29, 1.82) is 0 Å². The maximum absolute atomic E-state index is 12.9. The van der Waals surface area contributed by atoms with E-state index in [1.165, 1.54) is 0 Å². The maximum Gasteiger partial charge on any atom is 0.248 e. The summed E-state index contributed by atoms with van der Waals surface area (Å²) in [7, 11) is -3.74. The van der Waals surface area contributed by atoms with E-state index in [2.05, 4.69) is 5.32 Å². The molecule has 28 heavy (non-hydrogen) atoms. The van der Waals surface area contributed by atoms with Gasteiger partial charge >= 0.3 is 0 Å². The summed E-state index contributed by atoms with van der Waals surface area (Å²) >= 11 is 6.17. The van der Waals surface area contributed by atoms with Gasteiger partial charge in [-0.3, -0.25) is 9.10 Å². The average molecular weight is 425 g/mol. The molecule has 1 aliphatic heterocycles. The number of carbonyl (C=O) groups excluding carboxylic acids is 1. The molecule has 0 saturated carbocycles. The molecular formula is C19H21ClN2O5S. The highest BCUT2D eigenvalue weighted by Gasteiger charge is 2.32. The van der Waals surface area contributed by atoms with E-state index in [0.29, 0.717) is 27.9 Å². The summed E-state index contributed by atoms with van der Waals surface area (Å²) in [5.41, 5.74) is 1.64. The number of nitrogens with zero attached hydrogens (tertiary/aromatic N) is 1. The quantitative estimate of drug-likeness (QED) is 0.766. The SMILES string of the molecule is CC[C@H](C(=O)Nc1ccc2c(c1)OCO2)N(c1ccc(C)c(Cl)c1)S(C)(=O)=O. The van der Waals surface area contributed by atoms with Crippen LogP contribution in [0.3, 0.4) is 0 Å². The number of ether oxygens (including phenoxy) is 2. The van der Waals surface area contributed by atoms with Crippen LogP contribution in [0, 0.1) is 6.92 Å². The number of aryl methyl sites for hydroxylation is 1. The first-order chi connectivity index (χ1) is 13.2. The van der Waals surface area contributed by atoms with Crippen molar-refractivity contribution < 1.29 is 22.7 Å². The molecule has 0 unspecified atom stereocenters. The Kier molecular flexibility index (Phi) is 5.71. The minimum atomic E-state index is -3.74. The number of hydrogen-bond donors (Lipinski definition) is 1. The van der Waals surface area contributed by atoms with Crippen molar-refractivity contribution in [1.82, 2.24) is 0 Å². The fourth-order valence-electron chi connectivity index (χ4n) is 2.98. The molecule has 0 fully saturated rings. The third-order valence-electron chi connectivity index (χ3n) is 4.38. The minimum Gasteiger partial charge on any atom is -0.454 e. The van der Waals surface area contributed by atoms with Crippen molar-refractivity contribution >= 4 is 38.9 Å². The Morgan fingerprint density at radius 1 is 1.21 bits per heavy atom. The van der Waals surface area contributed by atoms with Crippen molar-refractivity contribution in [3.05, 3.63) is 47.0 Å². The Labute approximate surface area is 169 Å². The molecule has 1 amide bonds. The number of anilines is 2. The molecule has 7 nitrogen and oxygen atoms in total. The third kappa shape index (κ3) is 4.18. The Balaban J connectivity index is 1.91. The molecule has 1 atom stereocenters. The second-order valence-corrected chi connectivity index (χ2v) is 8.74. The Morgan fingerprint density at radius 2 is 1.93 bits per heavy atom. The molecule has 150 valence electrons. The summed E-state index contributed by atoms with van der Waals surface area (Å²) < 4.78 is 36.7. The normalized spacial score (nSPS) is 13.9. The summed E-state index contributed by atoms with van der Waals surface area (Å²) in [5.74, 6) is 0.664. The minimum absolute atomic E-state index is 0.125. The van der Waals surface area contributed by atoms with Crippen molar-refractivity contribution in [2.45, 2.75) is 26.3 Å². The van der Waals surface area contributed by atoms with Crippen molar-refractivity contribution in [3.63, 3.8) is 0 Å². The number of nitrogens with one attached hydrogen (secondary N) is 1. The zero-order valence-corrected chi connectivity index (χ0v) is 17.3. The smallest absolute Gasteiger partial charge is 0.248 e. The number of sulfonamides is 1. The van der Waals surface area contributed by atoms with Crippen LogP contribution >= 0.6 is 11.6 Å². The maximum atomic E-state index is 12.9. The monoisotopic (exact) mass is 424 g/mol. The van der Waals surface area contributed by atoms with Crippen molar-refractivity contribution in [2.24, 2.45) is 0 Å². The van der Waals surface area contributed by atoms with E-state index < -0.39 is 22.0 Å². The van der Waals surface area contributed by atoms with Crippen LogP contribution in [0.15, 0.2) is 36.4 Å². The molecule has 1 N–H and O–H groups in total. The lowest BCUT2D eigenvalue weighted by atomic mass is 10.1. The zero-order chi connectivity index (χ0) is 20.5. The van der Waals surface area contributed by atoms with E-state index in [9.17, 15) is 13.2 Å². The van der Waals surface area contributed by atoms with Gasteiger partial charge in [0.15, 0.2) is 11.5 Å². The Bertz CT molecular complexity index is 1010. The average Bonchev–Trinajstić information content (AvgIpc) is 3.08. The molecule has 1 aliphatic rings. The fourth-order valence-corrected chi connectivity index (χ4v) is 4.36. The Morgan fingerprint density at radius 3 is 2.57 bits per heavy atom. The molecule has 3 rings (SSSR count). The van der Waals surface area contributed by atoms with E-state index in [1.54, 1.807) is 43.3 Å². The van der Waals surface area contributed by atoms with Gasteiger partial charge in [-0.1, -0.05) is 24.6 Å². The van der Waals surface area contributed by atoms with E-state index in [-0.39, 0.29) is 13.2 Å². The molecule has 1 heterocycles. The van der Waals surface area contributed by atoms with Gasteiger partial charge < -0.3 is 14.8 Å². The second kappa shape index (κ2) is 7.89. The van der Waals surface area contributed by atoms with Crippen molar-refractivity contribution in [2.75, 3.05) is 22.7 Å². The molecule has 0 spiro atoms. The number of halogens is 1. The van der Waals surface area contributed by atoms with Crippen LogP contribution in [0.4, 0.5) is 11.4 Å². The number of benzene rings is 2. The van der Waals surface area contributed by atoms with Crippen molar-refractivity contribution in [3.8, 4) is 11.5 Å². The van der Waals surface area contributed by atoms with E-state index in [0.717, 1.165) is 16.1 Å². The molecule has 0 radical (unpaired) electrons. The van der Waals surface area contributed by atoms with Gasteiger partial charge in [-0.15, -0.1) is 0 Å². The highest BCUT2D eigenvalue weighted by Crippen LogP contribution is 2.34. The van der Waals surface area contributed by atoms with Crippen LogP contribution in [-0.2, 0) is 14.8 Å². The molecule has 0 saturated heterocycles. The highest BCUT2D eigenvalue weighted by atomic mass is 35.5. The van der Waals surface area contributed by atoms with Gasteiger partial charge in [-0.2, -0.15) is 0 Å². The first-order valence-electron chi connectivity index (χ1n) is 8.66. The van der Waals surface area contributed by atoms with Gasteiger partial charge in [0.1, 0.15) is 6.04 Å². The van der Waals surface area contributed by atoms with Gasteiger partial charge in [0.05, 0.1) is 11.9 Å². The van der Waals surface area contributed by atoms with Gasteiger partial charge in [0.25, 0.3) is 0 Å². The van der Waals surface area contributed by atoms with Crippen LogP contribution < -0.4 is 19.1 Å². The number of fused-ring (bicyclic) bond motifs is 1. The number of amides is 1. The topological polar surface area (TPSA) is 84.9 Å². The summed E-state index contributed by atoms with van der Waals surface area (Å²) in [6, 6.07) is 8.96. The van der Waals surface area contributed by atoms with E-state index in [4.69, 9.17) is 21.1 Å². The van der Waals surface area contributed by atoms with Crippen LogP contribution in [0.25, 0.3) is 0 Å². The third-order valence-corrected chi connectivity index (χ3v) is 5.97. The molecule has 0 aromatic heterocycles. The molecule has 0 aliphatic carbocycles. The number of rotatable bonds is 6. The lowest BCUT2D eigenvalue weighted by molar-refractivity contribution is -0.117. The number of hydrogen-bond acceptors (Lipinski definition) is 5. The first-order valence-corrected chi connectivity index (χ1v) is 10.9. The predicted molar refractivity (Wildman–Crippen MR) is 109 cm³/mol. The van der Waals surface area contributed by atoms with Crippen LogP contribution in [0.5, 0.6) is 11.5 Å². The summed E-state index contributed by atoms with van der Waals surface area (Å²) in [5, 5.41) is 3.19. The van der Waals surface area contributed by atoms with Gasteiger partial charge in [-0.25, -0.2) is 8.42 Å². The summed E-state index contributed by atoms with van der Waals surface area (Å²) in [4.78, 5) is 12.9. The molecular weight excluding hydrogens is 404 g/mol. The lowest BCUT2D eigenvalue weighted by Crippen LogP contribution is -2.47. The van der Waals surface area contributed by atoms with E-state index in [1.807, 2.05) is 6.92 Å². The second-order valence-electron chi connectivity index (χ2n) is 6.47. The molecule has 0 bridgehead atoms. The van der Waals surface area contributed by atoms with Gasteiger partial charge in [0, 0.05) is 16.8 Å². The lowest BCUT2D eigenvalue weighted by Gasteiger charge is -2.30.